The maximum Gasteiger partial charge on any atom is 0.203 e. The van der Waals surface area contributed by atoms with Gasteiger partial charge in [-0.1, -0.05) is 19.1 Å². The van der Waals surface area contributed by atoms with E-state index in [1.54, 1.807) is 21.3 Å². The van der Waals surface area contributed by atoms with Crippen LogP contribution in [0.4, 0.5) is 0 Å². The number of methoxy groups -OCH3 is 3. The average molecular weight is 369 g/mol. The molecule has 0 saturated carbocycles. The Morgan fingerprint density at radius 3 is 2.30 bits per heavy atom. The molecule has 0 aliphatic carbocycles. The topological polar surface area (TPSA) is 57.5 Å². The lowest BCUT2D eigenvalue weighted by molar-refractivity contribution is 0.323. The van der Waals surface area contributed by atoms with E-state index in [1.807, 2.05) is 18.2 Å². The normalized spacial score (nSPS) is 11.0. The minimum atomic E-state index is 0.605. The summed E-state index contributed by atoms with van der Waals surface area (Å²) in [4.78, 5) is 4.79. The highest BCUT2D eigenvalue weighted by Crippen LogP contribution is 2.38. The molecule has 0 saturated heterocycles. The zero-order chi connectivity index (χ0) is 19.2. The predicted molar refractivity (Wildman–Crippen MR) is 107 cm³/mol. The smallest absolute Gasteiger partial charge is 0.203 e. The number of hydrogen-bond acceptors (Lipinski definition) is 5. The molecule has 3 aromatic rings. The summed E-state index contributed by atoms with van der Waals surface area (Å²) in [6, 6.07) is 12.2. The maximum absolute atomic E-state index is 5.43. The third-order valence-electron chi connectivity index (χ3n) is 4.52. The van der Waals surface area contributed by atoms with Crippen LogP contribution in [0.3, 0.4) is 0 Å². The Bertz CT molecular complexity index is 880. The molecule has 1 aromatic heterocycles. The lowest BCUT2D eigenvalue weighted by Crippen LogP contribution is -2.17. The van der Waals surface area contributed by atoms with E-state index in [9.17, 15) is 0 Å². The quantitative estimate of drug-likeness (QED) is 0.622. The van der Waals surface area contributed by atoms with Gasteiger partial charge in [-0.3, -0.25) is 0 Å². The Morgan fingerprint density at radius 2 is 1.67 bits per heavy atom. The summed E-state index contributed by atoms with van der Waals surface area (Å²) in [5.41, 5.74) is 3.28. The van der Waals surface area contributed by atoms with Crippen LogP contribution >= 0.6 is 0 Å². The molecule has 0 radical (unpaired) electrons. The number of nitrogens with one attached hydrogen (secondary N) is 1. The molecule has 0 aliphatic heterocycles. The molecule has 3 rings (SSSR count). The molecule has 2 aromatic carbocycles. The van der Waals surface area contributed by atoms with E-state index in [-0.39, 0.29) is 0 Å². The Hall–Kier alpha value is -2.73. The van der Waals surface area contributed by atoms with Gasteiger partial charge < -0.3 is 24.1 Å². The highest BCUT2D eigenvalue weighted by molar-refractivity contribution is 5.75. The predicted octanol–water partition coefficient (Wildman–Crippen LogP) is 3.76. The summed E-state index contributed by atoms with van der Waals surface area (Å²) in [5.74, 6) is 2.97. The van der Waals surface area contributed by atoms with Gasteiger partial charge in [0, 0.05) is 13.1 Å². The summed E-state index contributed by atoms with van der Waals surface area (Å²) in [6.07, 6.45) is 1.07. The van der Waals surface area contributed by atoms with Crippen LogP contribution in [0.5, 0.6) is 17.2 Å². The Kier molecular flexibility index (Phi) is 6.19. The standard InChI is InChI=1S/C21H27N3O3/c1-5-10-24-17-9-7-6-8-16(17)23-20(24)14-22-13-15-11-18(25-2)21(27-4)19(12-15)26-3/h6-9,11-12,22H,5,10,13-14H2,1-4H3. The largest absolute Gasteiger partial charge is 0.493 e. The van der Waals surface area contributed by atoms with Crippen LogP contribution < -0.4 is 19.5 Å². The van der Waals surface area contributed by atoms with Gasteiger partial charge in [-0.2, -0.15) is 0 Å². The number of benzene rings is 2. The van der Waals surface area contributed by atoms with Crippen LogP contribution in [0.15, 0.2) is 36.4 Å². The van der Waals surface area contributed by atoms with Crippen LogP contribution in [-0.2, 0) is 19.6 Å². The van der Waals surface area contributed by atoms with Crippen molar-refractivity contribution in [3.63, 3.8) is 0 Å². The van der Waals surface area contributed by atoms with Gasteiger partial charge in [0.2, 0.25) is 5.75 Å². The maximum atomic E-state index is 5.43. The molecule has 0 unspecified atom stereocenters. The third-order valence-corrected chi connectivity index (χ3v) is 4.52. The number of rotatable bonds is 9. The number of fused-ring (bicyclic) bond motifs is 1. The fraction of sp³-hybridized carbons (Fsp3) is 0.381. The van der Waals surface area contributed by atoms with Crippen molar-refractivity contribution in [2.75, 3.05) is 21.3 Å². The minimum absolute atomic E-state index is 0.605. The molecule has 0 spiro atoms. The third kappa shape index (κ3) is 4.01. The lowest BCUT2D eigenvalue weighted by Gasteiger charge is -2.14. The van der Waals surface area contributed by atoms with Gasteiger partial charge in [0.25, 0.3) is 0 Å². The Morgan fingerprint density at radius 1 is 0.963 bits per heavy atom. The monoisotopic (exact) mass is 369 g/mol. The van der Waals surface area contributed by atoms with Crippen LogP contribution in [0, 0.1) is 0 Å². The number of ether oxygens (including phenoxy) is 3. The molecule has 1 heterocycles. The van der Waals surface area contributed by atoms with Crippen LogP contribution in [0.25, 0.3) is 11.0 Å². The number of para-hydroxylation sites is 2. The SMILES string of the molecule is CCCn1c(CNCc2cc(OC)c(OC)c(OC)c2)nc2ccccc21. The summed E-state index contributed by atoms with van der Waals surface area (Å²) in [7, 11) is 4.86. The van der Waals surface area contributed by atoms with E-state index in [1.165, 1.54) is 5.52 Å². The second kappa shape index (κ2) is 8.77. The molecular formula is C21H27N3O3. The highest BCUT2D eigenvalue weighted by Gasteiger charge is 2.14. The van der Waals surface area contributed by atoms with E-state index in [0.717, 1.165) is 29.9 Å². The minimum Gasteiger partial charge on any atom is -0.493 e. The first kappa shape index (κ1) is 19.0. The average Bonchev–Trinajstić information content (AvgIpc) is 3.05. The highest BCUT2D eigenvalue weighted by atomic mass is 16.5. The molecule has 0 aliphatic rings. The van der Waals surface area contributed by atoms with Crippen molar-refractivity contribution in [3.05, 3.63) is 47.8 Å². The van der Waals surface area contributed by atoms with Crippen molar-refractivity contribution in [1.29, 1.82) is 0 Å². The fourth-order valence-corrected chi connectivity index (χ4v) is 3.29. The van der Waals surface area contributed by atoms with E-state index in [0.29, 0.717) is 30.3 Å². The second-order valence-corrected chi connectivity index (χ2v) is 6.31. The summed E-state index contributed by atoms with van der Waals surface area (Å²) < 4.78 is 18.5. The number of hydrogen-bond donors (Lipinski definition) is 1. The van der Waals surface area contributed by atoms with Gasteiger partial charge in [-0.25, -0.2) is 4.98 Å². The van der Waals surface area contributed by atoms with E-state index < -0.39 is 0 Å². The summed E-state index contributed by atoms with van der Waals surface area (Å²) in [6.45, 7) is 4.50. The van der Waals surface area contributed by atoms with E-state index in [2.05, 4.69) is 35.0 Å². The molecule has 6 nitrogen and oxygen atoms in total. The second-order valence-electron chi connectivity index (χ2n) is 6.31. The van der Waals surface area contributed by atoms with E-state index >= 15 is 0 Å². The van der Waals surface area contributed by atoms with Crippen molar-refractivity contribution < 1.29 is 14.2 Å². The summed E-state index contributed by atoms with van der Waals surface area (Å²) in [5, 5.41) is 3.48. The molecule has 6 heteroatoms. The van der Waals surface area contributed by atoms with Gasteiger partial charge in [0.1, 0.15) is 5.82 Å². The summed E-state index contributed by atoms with van der Waals surface area (Å²) >= 11 is 0. The van der Waals surface area contributed by atoms with Gasteiger partial charge in [0.15, 0.2) is 11.5 Å². The molecule has 27 heavy (non-hydrogen) atoms. The van der Waals surface area contributed by atoms with Crippen molar-refractivity contribution >= 4 is 11.0 Å². The van der Waals surface area contributed by atoms with Crippen LogP contribution in [0.2, 0.25) is 0 Å². The van der Waals surface area contributed by atoms with Crippen LogP contribution in [-0.4, -0.2) is 30.9 Å². The molecule has 0 amide bonds. The van der Waals surface area contributed by atoms with Crippen molar-refractivity contribution in [2.45, 2.75) is 33.0 Å². The van der Waals surface area contributed by atoms with Crippen molar-refractivity contribution in [1.82, 2.24) is 14.9 Å². The van der Waals surface area contributed by atoms with Gasteiger partial charge in [-0.15, -0.1) is 0 Å². The van der Waals surface area contributed by atoms with Crippen molar-refractivity contribution in [3.8, 4) is 17.2 Å². The molecule has 144 valence electrons. The zero-order valence-electron chi connectivity index (χ0n) is 16.4. The molecule has 1 N–H and O–H groups in total. The molecular weight excluding hydrogens is 342 g/mol. The van der Waals surface area contributed by atoms with E-state index in [4.69, 9.17) is 19.2 Å². The van der Waals surface area contributed by atoms with Crippen molar-refractivity contribution in [2.24, 2.45) is 0 Å². The number of nitrogens with zero attached hydrogens (tertiary/aromatic N) is 2. The Labute approximate surface area is 160 Å². The first-order chi connectivity index (χ1) is 13.2. The Balaban J connectivity index is 1.77. The number of aryl methyl sites for hydroxylation is 1. The first-order valence-electron chi connectivity index (χ1n) is 9.15. The van der Waals surface area contributed by atoms with Gasteiger partial charge >= 0.3 is 0 Å². The first-order valence-corrected chi connectivity index (χ1v) is 9.15. The number of aromatic nitrogens is 2. The molecule has 0 bridgehead atoms. The lowest BCUT2D eigenvalue weighted by atomic mass is 10.1. The number of imidazole rings is 1. The molecule has 0 atom stereocenters. The van der Waals surface area contributed by atoms with Gasteiger partial charge in [0.05, 0.1) is 38.9 Å². The van der Waals surface area contributed by atoms with Gasteiger partial charge in [-0.05, 0) is 36.2 Å². The zero-order valence-corrected chi connectivity index (χ0v) is 16.4. The van der Waals surface area contributed by atoms with Crippen LogP contribution in [0.1, 0.15) is 24.7 Å². The fourth-order valence-electron chi connectivity index (χ4n) is 3.29. The molecule has 0 fully saturated rings.